The molecule has 1 rings (SSSR count). The maximum Gasteiger partial charge on any atom is 0.0724 e. The standard InChI is InChI=1S/C10H13BrO2/c1-12-6-8-3-4-10(11)9(5-8)7-13-2/h3-5H,6-7H2,1-2H3. The van der Waals surface area contributed by atoms with Crippen molar-refractivity contribution in [3.63, 3.8) is 0 Å². The molecule has 3 heteroatoms. The topological polar surface area (TPSA) is 18.5 Å². The number of methoxy groups -OCH3 is 2. The minimum Gasteiger partial charge on any atom is -0.380 e. The van der Waals surface area contributed by atoms with Crippen LogP contribution in [0.15, 0.2) is 22.7 Å². The third-order valence-corrected chi connectivity index (χ3v) is 2.49. The molecule has 2 nitrogen and oxygen atoms in total. The highest BCUT2D eigenvalue weighted by Gasteiger charge is 2.00. The van der Waals surface area contributed by atoms with E-state index < -0.39 is 0 Å². The number of rotatable bonds is 4. The maximum atomic E-state index is 5.07. The van der Waals surface area contributed by atoms with Crippen LogP contribution < -0.4 is 0 Å². The van der Waals surface area contributed by atoms with E-state index in [2.05, 4.69) is 22.0 Å². The van der Waals surface area contributed by atoms with Gasteiger partial charge >= 0.3 is 0 Å². The summed E-state index contributed by atoms with van der Waals surface area (Å²) in [6, 6.07) is 6.13. The lowest BCUT2D eigenvalue weighted by Crippen LogP contribution is -1.93. The summed E-state index contributed by atoms with van der Waals surface area (Å²) in [5.74, 6) is 0. The molecule has 0 atom stereocenters. The van der Waals surface area contributed by atoms with Gasteiger partial charge in [-0.1, -0.05) is 28.1 Å². The average Bonchev–Trinajstić information content (AvgIpc) is 2.12. The molecule has 13 heavy (non-hydrogen) atoms. The largest absolute Gasteiger partial charge is 0.380 e. The summed E-state index contributed by atoms with van der Waals surface area (Å²) in [5.41, 5.74) is 2.31. The van der Waals surface area contributed by atoms with Gasteiger partial charge in [-0.25, -0.2) is 0 Å². The molecule has 0 spiro atoms. The summed E-state index contributed by atoms with van der Waals surface area (Å²) in [4.78, 5) is 0. The number of hydrogen-bond donors (Lipinski definition) is 0. The molecule has 0 aliphatic rings. The quantitative estimate of drug-likeness (QED) is 0.811. The summed E-state index contributed by atoms with van der Waals surface area (Å²) >= 11 is 3.46. The summed E-state index contributed by atoms with van der Waals surface area (Å²) < 4.78 is 11.2. The van der Waals surface area contributed by atoms with E-state index in [1.807, 2.05) is 12.1 Å². The van der Waals surface area contributed by atoms with Crippen molar-refractivity contribution >= 4 is 15.9 Å². The zero-order chi connectivity index (χ0) is 9.68. The van der Waals surface area contributed by atoms with Crippen molar-refractivity contribution in [2.24, 2.45) is 0 Å². The molecule has 0 saturated carbocycles. The second-order valence-electron chi connectivity index (χ2n) is 2.79. The number of benzene rings is 1. The number of hydrogen-bond acceptors (Lipinski definition) is 2. The molecule has 0 aromatic heterocycles. The number of ether oxygens (including phenoxy) is 2. The lowest BCUT2D eigenvalue weighted by atomic mass is 10.1. The minimum absolute atomic E-state index is 0.623. The average molecular weight is 245 g/mol. The van der Waals surface area contributed by atoms with E-state index in [4.69, 9.17) is 9.47 Å². The van der Waals surface area contributed by atoms with Gasteiger partial charge in [0.05, 0.1) is 13.2 Å². The highest BCUT2D eigenvalue weighted by molar-refractivity contribution is 9.10. The van der Waals surface area contributed by atoms with Gasteiger partial charge in [-0.3, -0.25) is 0 Å². The molecule has 0 fully saturated rings. The predicted octanol–water partition coefficient (Wildman–Crippen LogP) is 2.74. The fourth-order valence-corrected chi connectivity index (χ4v) is 1.51. The van der Waals surface area contributed by atoms with Gasteiger partial charge in [0.1, 0.15) is 0 Å². The van der Waals surface area contributed by atoms with E-state index in [0.717, 1.165) is 15.6 Å². The zero-order valence-corrected chi connectivity index (χ0v) is 9.43. The van der Waals surface area contributed by atoms with Crippen LogP contribution in [0.2, 0.25) is 0 Å². The van der Waals surface area contributed by atoms with E-state index in [-0.39, 0.29) is 0 Å². The lowest BCUT2D eigenvalue weighted by Gasteiger charge is -2.06. The smallest absolute Gasteiger partial charge is 0.0724 e. The van der Waals surface area contributed by atoms with Crippen molar-refractivity contribution in [2.75, 3.05) is 14.2 Å². The van der Waals surface area contributed by atoms with Gasteiger partial charge in [-0.2, -0.15) is 0 Å². The van der Waals surface area contributed by atoms with Crippen LogP contribution in [0.3, 0.4) is 0 Å². The Morgan fingerprint density at radius 2 is 1.85 bits per heavy atom. The van der Waals surface area contributed by atoms with Crippen LogP contribution in [0.25, 0.3) is 0 Å². The van der Waals surface area contributed by atoms with Crippen LogP contribution in [-0.2, 0) is 22.7 Å². The van der Waals surface area contributed by atoms with Gasteiger partial charge in [0.15, 0.2) is 0 Å². The van der Waals surface area contributed by atoms with Gasteiger partial charge in [0, 0.05) is 18.7 Å². The van der Waals surface area contributed by atoms with Crippen molar-refractivity contribution in [3.8, 4) is 0 Å². The molecule has 0 radical (unpaired) electrons. The van der Waals surface area contributed by atoms with E-state index >= 15 is 0 Å². The number of halogens is 1. The fourth-order valence-electron chi connectivity index (χ4n) is 1.15. The van der Waals surface area contributed by atoms with E-state index in [1.165, 1.54) is 0 Å². The molecule has 0 heterocycles. The molecule has 0 saturated heterocycles. The summed E-state index contributed by atoms with van der Waals surface area (Å²) in [7, 11) is 3.38. The van der Waals surface area contributed by atoms with Crippen LogP contribution in [0.4, 0.5) is 0 Å². The first-order chi connectivity index (χ1) is 6.27. The molecular weight excluding hydrogens is 232 g/mol. The monoisotopic (exact) mass is 244 g/mol. The summed E-state index contributed by atoms with van der Waals surface area (Å²) in [6.45, 7) is 1.27. The first-order valence-corrected chi connectivity index (χ1v) is 4.82. The Hall–Kier alpha value is -0.380. The third kappa shape index (κ3) is 3.10. The van der Waals surface area contributed by atoms with Crippen LogP contribution in [0.1, 0.15) is 11.1 Å². The SMILES string of the molecule is COCc1ccc(Br)c(COC)c1. The van der Waals surface area contributed by atoms with Crippen LogP contribution >= 0.6 is 15.9 Å². The highest BCUT2D eigenvalue weighted by atomic mass is 79.9. The van der Waals surface area contributed by atoms with Crippen molar-refractivity contribution in [1.82, 2.24) is 0 Å². The van der Waals surface area contributed by atoms with Gasteiger partial charge in [-0.15, -0.1) is 0 Å². The van der Waals surface area contributed by atoms with Crippen molar-refractivity contribution in [3.05, 3.63) is 33.8 Å². The third-order valence-electron chi connectivity index (χ3n) is 1.72. The molecule has 72 valence electrons. The maximum absolute atomic E-state index is 5.07. The molecule has 0 aliphatic carbocycles. The molecule has 0 unspecified atom stereocenters. The zero-order valence-electron chi connectivity index (χ0n) is 7.84. The second kappa shape index (κ2) is 5.37. The molecule has 1 aromatic carbocycles. The first kappa shape index (κ1) is 10.7. The van der Waals surface area contributed by atoms with E-state index in [1.54, 1.807) is 14.2 Å². The highest BCUT2D eigenvalue weighted by Crippen LogP contribution is 2.19. The van der Waals surface area contributed by atoms with Crippen LogP contribution in [0.5, 0.6) is 0 Å². The molecule has 0 aliphatic heterocycles. The Balaban J connectivity index is 2.83. The van der Waals surface area contributed by atoms with Crippen LogP contribution in [-0.4, -0.2) is 14.2 Å². The Morgan fingerprint density at radius 1 is 1.15 bits per heavy atom. The molecule has 0 N–H and O–H groups in total. The Morgan fingerprint density at radius 3 is 2.46 bits per heavy atom. The Kier molecular flexibility index (Phi) is 4.42. The van der Waals surface area contributed by atoms with Gasteiger partial charge in [-0.05, 0) is 17.2 Å². The second-order valence-corrected chi connectivity index (χ2v) is 3.65. The first-order valence-electron chi connectivity index (χ1n) is 4.03. The fraction of sp³-hybridized carbons (Fsp3) is 0.400. The summed E-state index contributed by atoms with van der Waals surface area (Å²) in [5, 5.41) is 0. The Bertz CT molecular complexity index is 274. The van der Waals surface area contributed by atoms with Gasteiger partial charge in [0.25, 0.3) is 0 Å². The molecule has 1 aromatic rings. The van der Waals surface area contributed by atoms with E-state index in [0.29, 0.717) is 13.2 Å². The van der Waals surface area contributed by atoms with Crippen molar-refractivity contribution in [1.29, 1.82) is 0 Å². The predicted molar refractivity (Wildman–Crippen MR) is 55.6 cm³/mol. The lowest BCUT2D eigenvalue weighted by molar-refractivity contribution is 0.179. The molecule has 0 amide bonds. The minimum atomic E-state index is 0.623. The van der Waals surface area contributed by atoms with Gasteiger partial charge in [0.2, 0.25) is 0 Å². The van der Waals surface area contributed by atoms with Crippen LogP contribution in [0, 0.1) is 0 Å². The summed E-state index contributed by atoms with van der Waals surface area (Å²) in [6.07, 6.45) is 0. The molecule has 0 bridgehead atoms. The Labute approximate surface area is 87.0 Å². The molecular formula is C10H13BrO2. The normalized spacial score (nSPS) is 10.4. The van der Waals surface area contributed by atoms with Gasteiger partial charge < -0.3 is 9.47 Å². The van der Waals surface area contributed by atoms with E-state index in [9.17, 15) is 0 Å². The van der Waals surface area contributed by atoms with Crippen molar-refractivity contribution < 1.29 is 9.47 Å². The van der Waals surface area contributed by atoms with Crippen molar-refractivity contribution in [2.45, 2.75) is 13.2 Å².